The minimum Gasteiger partial charge on any atom is -0.434 e. The van der Waals surface area contributed by atoms with Gasteiger partial charge in [-0.25, -0.2) is 4.79 Å². The molecule has 0 aromatic heterocycles. The molecule has 0 spiro atoms. The van der Waals surface area contributed by atoms with E-state index in [0.717, 1.165) is 31.6 Å². The highest BCUT2D eigenvalue weighted by Crippen LogP contribution is 2.36. The summed E-state index contributed by atoms with van der Waals surface area (Å²) in [5.41, 5.74) is 1.81. The summed E-state index contributed by atoms with van der Waals surface area (Å²) in [6, 6.07) is 14.3. The number of urea groups is 1. The summed E-state index contributed by atoms with van der Waals surface area (Å²) in [4.78, 5) is 18.8. The molecule has 1 N–H and O–H groups in total. The first kappa shape index (κ1) is 25.4. The Morgan fingerprint density at radius 2 is 1.86 bits per heavy atom. The standard InChI is InChI=1S/C27H35F2N3O3/c1-19-15-31(26(34)32(19)22-9-5-4-6-10-22)23-12-11-20(24(14-23)35-25(28)29)16-30-13-7-8-21(17-30)27(2,3)18-33/h4-6,9-12,14,19,21,25,33H,7-8,13,15-18H2,1-3H3/t19-,21+/m1/s1. The molecule has 0 unspecified atom stereocenters. The molecule has 2 atom stereocenters. The lowest BCUT2D eigenvalue weighted by Gasteiger charge is -2.40. The molecule has 2 fully saturated rings. The van der Waals surface area contributed by atoms with Crippen molar-refractivity contribution in [2.75, 3.05) is 36.0 Å². The number of amides is 2. The summed E-state index contributed by atoms with van der Waals surface area (Å²) in [5.74, 6) is 0.423. The average Bonchev–Trinajstić information content (AvgIpc) is 3.14. The molecule has 2 aromatic rings. The second-order valence-electron chi connectivity index (χ2n) is 10.3. The first-order valence-corrected chi connectivity index (χ1v) is 12.3. The number of benzene rings is 2. The molecule has 0 saturated carbocycles. The molecule has 2 aliphatic rings. The molecule has 2 heterocycles. The largest absolute Gasteiger partial charge is 0.434 e. The number of aliphatic hydroxyl groups excluding tert-OH is 1. The molecule has 8 heteroatoms. The minimum absolute atomic E-state index is 0.0655. The van der Waals surface area contributed by atoms with Crippen LogP contribution in [0, 0.1) is 11.3 Å². The van der Waals surface area contributed by atoms with Gasteiger partial charge in [-0.1, -0.05) is 38.1 Å². The Morgan fingerprint density at radius 1 is 1.11 bits per heavy atom. The van der Waals surface area contributed by atoms with Crippen molar-refractivity contribution in [2.45, 2.75) is 52.8 Å². The number of halogens is 2. The Bertz CT molecular complexity index is 1020. The maximum atomic E-state index is 13.3. The molecule has 35 heavy (non-hydrogen) atoms. The van der Waals surface area contributed by atoms with E-state index < -0.39 is 6.61 Å². The average molecular weight is 488 g/mol. The summed E-state index contributed by atoms with van der Waals surface area (Å²) in [6.45, 7) is 5.83. The zero-order valence-corrected chi connectivity index (χ0v) is 20.7. The Balaban J connectivity index is 1.55. The van der Waals surface area contributed by atoms with Crippen molar-refractivity contribution in [2.24, 2.45) is 11.3 Å². The monoisotopic (exact) mass is 487 g/mol. The SMILES string of the molecule is C[C@@H]1CN(c2ccc(CN3CCC[C@H](C(C)(C)CO)C3)c(OC(F)F)c2)C(=O)N1c1ccccc1. The van der Waals surface area contributed by atoms with Gasteiger partial charge in [-0.15, -0.1) is 0 Å². The Kier molecular flexibility index (Phi) is 7.62. The van der Waals surface area contributed by atoms with Crippen molar-refractivity contribution in [3.8, 4) is 5.75 Å². The van der Waals surface area contributed by atoms with Crippen molar-refractivity contribution in [3.63, 3.8) is 0 Å². The van der Waals surface area contributed by atoms with Crippen LogP contribution >= 0.6 is 0 Å². The lowest BCUT2D eigenvalue weighted by molar-refractivity contribution is -0.0509. The van der Waals surface area contributed by atoms with Crippen LogP contribution in [0.2, 0.25) is 0 Å². The molecule has 2 saturated heterocycles. The summed E-state index contributed by atoms with van der Waals surface area (Å²) in [6.07, 6.45) is 2.03. The van der Waals surface area contributed by atoms with Gasteiger partial charge in [0.2, 0.25) is 0 Å². The van der Waals surface area contributed by atoms with E-state index in [9.17, 15) is 18.7 Å². The topological polar surface area (TPSA) is 56.2 Å². The summed E-state index contributed by atoms with van der Waals surface area (Å²) in [5, 5.41) is 9.77. The van der Waals surface area contributed by atoms with Gasteiger partial charge >= 0.3 is 12.6 Å². The van der Waals surface area contributed by atoms with Gasteiger partial charge in [0, 0.05) is 49.2 Å². The van der Waals surface area contributed by atoms with E-state index in [0.29, 0.717) is 30.3 Å². The van der Waals surface area contributed by atoms with Crippen molar-refractivity contribution < 1.29 is 23.4 Å². The van der Waals surface area contributed by atoms with Crippen molar-refractivity contribution >= 4 is 17.4 Å². The number of ether oxygens (including phenoxy) is 1. The number of piperidine rings is 1. The number of nitrogens with zero attached hydrogens (tertiary/aromatic N) is 3. The summed E-state index contributed by atoms with van der Waals surface area (Å²) in [7, 11) is 0. The number of carbonyl (C=O) groups is 1. The third-order valence-corrected chi connectivity index (χ3v) is 7.35. The molecule has 2 amide bonds. The highest BCUT2D eigenvalue weighted by Gasteiger charge is 2.37. The van der Waals surface area contributed by atoms with Crippen LogP contribution in [0.1, 0.15) is 39.2 Å². The molecule has 0 bridgehead atoms. The van der Waals surface area contributed by atoms with E-state index in [1.807, 2.05) is 43.3 Å². The maximum Gasteiger partial charge on any atom is 0.387 e. The molecule has 0 aliphatic carbocycles. The van der Waals surface area contributed by atoms with Crippen LogP contribution in [-0.2, 0) is 6.54 Å². The van der Waals surface area contributed by atoms with E-state index in [2.05, 4.69) is 18.7 Å². The van der Waals surface area contributed by atoms with E-state index in [1.54, 1.807) is 21.9 Å². The molecular weight excluding hydrogens is 452 g/mol. The van der Waals surface area contributed by atoms with E-state index >= 15 is 0 Å². The lowest BCUT2D eigenvalue weighted by atomic mass is 9.75. The molecule has 0 radical (unpaired) electrons. The third kappa shape index (κ3) is 5.59. The van der Waals surface area contributed by atoms with Crippen LogP contribution in [0.4, 0.5) is 25.0 Å². The number of hydrogen-bond acceptors (Lipinski definition) is 4. The number of rotatable bonds is 8. The second kappa shape index (κ2) is 10.5. The quantitative estimate of drug-likeness (QED) is 0.545. The zero-order valence-electron chi connectivity index (χ0n) is 20.7. The van der Waals surface area contributed by atoms with Gasteiger partial charge in [0.15, 0.2) is 0 Å². The van der Waals surface area contributed by atoms with Crippen molar-refractivity contribution in [1.29, 1.82) is 0 Å². The first-order valence-electron chi connectivity index (χ1n) is 12.3. The van der Waals surface area contributed by atoms with E-state index in [-0.39, 0.29) is 29.8 Å². The summed E-state index contributed by atoms with van der Waals surface area (Å²) < 4.78 is 31.6. The number of para-hydroxylation sites is 1. The highest BCUT2D eigenvalue weighted by atomic mass is 19.3. The molecule has 2 aromatic carbocycles. The molecule has 190 valence electrons. The number of likely N-dealkylation sites (tertiary alicyclic amines) is 1. The van der Waals surface area contributed by atoms with Gasteiger partial charge in [-0.3, -0.25) is 14.7 Å². The van der Waals surface area contributed by atoms with Gasteiger partial charge in [0.1, 0.15) is 5.75 Å². The minimum atomic E-state index is -2.96. The van der Waals surface area contributed by atoms with Gasteiger partial charge in [0.05, 0.1) is 6.04 Å². The number of hydrogen-bond donors (Lipinski definition) is 1. The smallest absolute Gasteiger partial charge is 0.387 e. The fourth-order valence-electron chi connectivity index (χ4n) is 5.17. The molecular formula is C27H35F2N3O3. The van der Waals surface area contributed by atoms with Gasteiger partial charge in [-0.05, 0) is 55.8 Å². The van der Waals surface area contributed by atoms with Crippen LogP contribution in [0.5, 0.6) is 5.75 Å². The van der Waals surface area contributed by atoms with Crippen LogP contribution in [0.3, 0.4) is 0 Å². The predicted octanol–water partition coefficient (Wildman–Crippen LogP) is 5.35. The Hall–Kier alpha value is -2.71. The Labute approximate surface area is 206 Å². The third-order valence-electron chi connectivity index (χ3n) is 7.35. The fraction of sp³-hybridized carbons (Fsp3) is 0.519. The fourth-order valence-corrected chi connectivity index (χ4v) is 5.17. The number of aliphatic hydroxyl groups is 1. The van der Waals surface area contributed by atoms with Crippen LogP contribution in [-0.4, -0.2) is 54.9 Å². The normalized spacial score (nSPS) is 21.7. The van der Waals surface area contributed by atoms with E-state index in [1.165, 1.54) is 0 Å². The van der Waals surface area contributed by atoms with Crippen LogP contribution in [0.25, 0.3) is 0 Å². The lowest BCUT2D eigenvalue weighted by Crippen LogP contribution is -2.42. The molecule has 6 nitrogen and oxygen atoms in total. The molecule has 2 aliphatic heterocycles. The number of alkyl halides is 2. The predicted molar refractivity (Wildman–Crippen MR) is 133 cm³/mol. The first-order chi connectivity index (χ1) is 16.7. The number of carbonyl (C=O) groups excluding carboxylic acids is 1. The second-order valence-corrected chi connectivity index (χ2v) is 10.3. The number of anilines is 2. The van der Waals surface area contributed by atoms with Crippen molar-refractivity contribution in [1.82, 2.24) is 4.90 Å². The zero-order chi connectivity index (χ0) is 25.2. The maximum absolute atomic E-state index is 13.3. The van der Waals surface area contributed by atoms with Gasteiger partial charge in [-0.2, -0.15) is 8.78 Å². The van der Waals surface area contributed by atoms with Crippen LogP contribution < -0.4 is 14.5 Å². The van der Waals surface area contributed by atoms with Gasteiger partial charge in [0.25, 0.3) is 0 Å². The van der Waals surface area contributed by atoms with E-state index in [4.69, 9.17) is 4.74 Å². The van der Waals surface area contributed by atoms with Crippen LogP contribution in [0.15, 0.2) is 48.5 Å². The van der Waals surface area contributed by atoms with Gasteiger partial charge < -0.3 is 9.84 Å². The Morgan fingerprint density at radius 3 is 2.54 bits per heavy atom. The molecule has 4 rings (SSSR count). The highest BCUT2D eigenvalue weighted by molar-refractivity contribution is 6.06. The summed E-state index contributed by atoms with van der Waals surface area (Å²) >= 11 is 0. The van der Waals surface area contributed by atoms with Crippen molar-refractivity contribution in [3.05, 3.63) is 54.1 Å².